The Kier molecular flexibility index (Phi) is 3.30. The minimum absolute atomic E-state index is 0.749. The fourth-order valence-corrected chi connectivity index (χ4v) is 2.62. The molecular formula is C14H20O. The van der Waals surface area contributed by atoms with Crippen molar-refractivity contribution in [3.8, 4) is 5.75 Å². The van der Waals surface area contributed by atoms with Gasteiger partial charge in [0, 0.05) is 0 Å². The minimum Gasteiger partial charge on any atom is -0.494 e. The third-order valence-corrected chi connectivity index (χ3v) is 3.48. The van der Waals surface area contributed by atoms with Gasteiger partial charge in [-0.1, -0.05) is 31.9 Å². The van der Waals surface area contributed by atoms with Crippen molar-refractivity contribution in [2.24, 2.45) is 5.92 Å². The van der Waals surface area contributed by atoms with Crippen LogP contribution in [0.25, 0.3) is 0 Å². The zero-order valence-electron chi connectivity index (χ0n) is 9.70. The molecule has 0 aromatic heterocycles. The van der Waals surface area contributed by atoms with E-state index in [2.05, 4.69) is 31.2 Å². The van der Waals surface area contributed by atoms with Gasteiger partial charge in [0.2, 0.25) is 0 Å². The summed E-state index contributed by atoms with van der Waals surface area (Å²) in [6.45, 7) is 5.14. The van der Waals surface area contributed by atoms with Crippen LogP contribution in [0, 0.1) is 5.92 Å². The largest absolute Gasteiger partial charge is 0.494 e. The highest BCUT2D eigenvalue weighted by atomic mass is 16.5. The highest BCUT2D eigenvalue weighted by Crippen LogP contribution is 2.39. The van der Waals surface area contributed by atoms with Crippen LogP contribution in [0.5, 0.6) is 5.75 Å². The smallest absolute Gasteiger partial charge is 0.119 e. The van der Waals surface area contributed by atoms with Crippen molar-refractivity contribution in [1.29, 1.82) is 0 Å². The van der Waals surface area contributed by atoms with E-state index >= 15 is 0 Å². The van der Waals surface area contributed by atoms with E-state index in [9.17, 15) is 0 Å². The number of rotatable bonds is 3. The van der Waals surface area contributed by atoms with E-state index in [4.69, 9.17) is 4.74 Å². The second kappa shape index (κ2) is 4.69. The van der Waals surface area contributed by atoms with Crippen molar-refractivity contribution >= 4 is 0 Å². The molecule has 0 aliphatic heterocycles. The highest BCUT2D eigenvalue weighted by molar-refractivity contribution is 5.30. The van der Waals surface area contributed by atoms with Gasteiger partial charge in [-0.3, -0.25) is 0 Å². The topological polar surface area (TPSA) is 9.23 Å². The summed E-state index contributed by atoms with van der Waals surface area (Å²) in [6, 6.07) is 8.67. The second-order valence-electron chi connectivity index (χ2n) is 4.52. The highest BCUT2D eigenvalue weighted by Gasteiger charge is 2.24. The molecule has 1 aromatic rings. The molecule has 0 spiro atoms. The van der Waals surface area contributed by atoms with E-state index in [0.29, 0.717) is 0 Å². The Morgan fingerprint density at radius 2 is 1.93 bits per heavy atom. The van der Waals surface area contributed by atoms with Crippen LogP contribution in [0.15, 0.2) is 24.3 Å². The van der Waals surface area contributed by atoms with Crippen LogP contribution in [0.4, 0.5) is 0 Å². The fourth-order valence-electron chi connectivity index (χ4n) is 2.62. The van der Waals surface area contributed by atoms with Gasteiger partial charge >= 0.3 is 0 Å². The molecule has 82 valence electrons. The van der Waals surface area contributed by atoms with Crippen molar-refractivity contribution < 1.29 is 4.74 Å². The van der Waals surface area contributed by atoms with Gasteiger partial charge in [0.25, 0.3) is 0 Å². The Bertz CT molecular complexity index is 302. The molecule has 1 aliphatic rings. The molecule has 0 saturated heterocycles. The van der Waals surface area contributed by atoms with Gasteiger partial charge in [-0.05, 0) is 42.9 Å². The molecule has 1 aliphatic carbocycles. The molecule has 1 saturated carbocycles. The lowest BCUT2D eigenvalue weighted by molar-refractivity contribution is 0.340. The molecule has 0 unspecified atom stereocenters. The van der Waals surface area contributed by atoms with Gasteiger partial charge in [-0.2, -0.15) is 0 Å². The summed E-state index contributed by atoms with van der Waals surface area (Å²) in [7, 11) is 0. The van der Waals surface area contributed by atoms with Crippen LogP contribution in [-0.2, 0) is 0 Å². The van der Waals surface area contributed by atoms with E-state index in [1.165, 1.54) is 24.8 Å². The van der Waals surface area contributed by atoms with Crippen LogP contribution in [0.1, 0.15) is 44.6 Å². The van der Waals surface area contributed by atoms with E-state index in [-0.39, 0.29) is 0 Å². The molecule has 2 rings (SSSR count). The fraction of sp³-hybridized carbons (Fsp3) is 0.571. The van der Waals surface area contributed by atoms with E-state index in [1.54, 1.807) is 0 Å². The molecule has 0 amide bonds. The van der Waals surface area contributed by atoms with Crippen LogP contribution < -0.4 is 4.74 Å². The van der Waals surface area contributed by atoms with Gasteiger partial charge in [-0.25, -0.2) is 0 Å². The van der Waals surface area contributed by atoms with Crippen LogP contribution >= 0.6 is 0 Å². The van der Waals surface area contributed by atoms with Gasteiger partial charge in [0.05, 0.1) is 6.61 Å². The summed E-state index contributed by atoms with van der Waals surface area (Å²) in [5, 5.41) is 0. The van der Waals surface area contributed by atoms with Crippen molar-refractivity contribution in [3.05, 3.63) is 29.8 Å². The van der Waals surface area contributed by atoms with Crippen molar-refractivity contribution in [1.82, 2.24) is 0 Å². The first kappa shape index (κ1) is 10.5. The molecular weight excluding hydrogens is 184 g/mol. The quantitative estimate of drug-likeness (QED) is 0.723. The first-order valence-electron chi connectivity index (χ1n) is 6.04. The third kappa shape index (κ3) is 2.34. The standard InChI is InChI=1S/C14H20O/c1-3-15-13-9-7-12(8-10-13)14-6-4-5-11(14)2/h7-11,14H,3-6H2,1-2H3/t11-,14+/m1/s1. The monoisotopic (exact) mass is 204 g/mol. The zero-order valence-corrected chi connectivity index (χ0v) is 9.70. The molecule has 0 heterocycles. The molecule has 2 atom stereocenters. The normalized spacial score (nSPS) is 25.5. The Morgan fingerprint density at radius 1 is 1.20 bits per heavy atom. The lowest BCUT2D eigenvalue weighted by Crippen LogP contribution is -2.01. The molecule has 1 fully saturated rings. The predicted octanol–water partition coefficient (Wildman–Crippen LogP) is 3.99. The molecule has 0 bridgehead atoms. The maximum atomic E-state index is 5.45. The lowest BCUT2D eigenvalue weighted by atomic mass is 9.90. The first-order valence-corrected chi connectivity index (χ1v) is 6.04. The van der Waals surface area contributed by atoms with E-state index < -0.39 is 0 Å². The maximum Gasteiger partial charge on any atom is 0.119 e. The minimum atomic E-state index is 0.749. The SMILES string of the molecule is CCOc1ccc([C@H]2CCC[C@H]2C)cc1. The summed E-state index contributed by atoms with van der Waals surface area (Å²) in [6.07, 6.45) is 4.13. The Balaban J connectivity index is 2.09. The van der Waals surface area contributed by atoms with Gasteiger partial charge in [0.15, 0.2) is 0 Å². The number of benzene rings is 1. The van der Waals surface area contributed by atoms with Crippen molar-refractivity contribution in [3.63, 3.8) is 0 Å². The zero-order chi connectivity index (χ0) is 10.7. The van der Waals surface area contributed by atoms with Crippen molar-refractivity contribution in [2.45, 2.75) is 39.0 Å². The number of hydrogen-bond acceptors (Lipinski definition) is 1. The van der Waals surface area contributed by atoms with E-state index in [0.717, 1.165) is 24.2 Å². The predicted molar refractivity (Wildman–Crippen MR) is 63.4 cm³/mol. The average Bonchev–Trinajstić information content (AvgIpc) is 2.66. The molecule has 1 nitrogen and oxygen atoms in total. The first-order chi connectivity index (χ1) is 7.31. The van der Waals surface area contributed by atoms with Crippen LogP contribution in [0.2, 0.25) is 0 Å². The Labute approximate surface area is 92.5 Å². The molecule has 15 heavy (non-hydrogen) atoms. The third-order valence-electron chi connectivity index (χ3n) is 3.48. The van der Waals surface area contributed by atoms with Gasteiger partial charge in [-0.15, -0.1) is 0 Å². The van der Waals surface area contributed by atoms with Crippen LogP contribution in [-0.4, -0.2) is 6.61 Å². The maximum absolute atomic E-state index is 5.45. The average molecular weight is 204 g/mol. The second-order valence-corrected chi connectivity index (χ2v) is 4.52. The van der Waals surface area contributed by atoms with Crippen LogP contribution in [0.3, 0.4) is 0 Å². The van der Waals surface area contributed by atoms with Crippen molar-refractivity contribution in [2.75, 3.05) is 6.61 Å². The van der Waals surface area contributed by atoms with Gasteiger partial charge < -0.3 is 4.74 Å². The number of ether oxygens (including phenoxy) is 1. The van der Waals surface area contributed by atoms with E-state index in [1.807, 2.05) is 6.92 Å². The molecule has 1 heteroatoms. The lowest BCUT2D eigenvalue weighted by Gasteiger charge is -2.16. The molecule has 0 radical (unpaired) electrons. The molecule has 0 N–H and O–H groups in total. The Morgan fingerprint density at radius 3 is 2.47 bits per heavy atom. The summed E-state index contributed by atoms with van der Waals surface area (Å²) in [4.78, 5) is 0. The molecule has 1 aromatic carbocycles. The Hall–Kier alpha value is -0.980. The number of hydrogen-bond donors (Lipinski definition) is 0. The summed E-state index contributed by atoms with van der Waals surface area (Å²) in [5.41, 5.74) is 1.49. The van der Waals surface area contributed by atoms with Gasteiger partial charge in [0.1, 0.15) is 5.75 Å². The summed E-state index contributed by atoms with van der Waals surface area (Å²) >= 11 is 0. The summed E-state index contributed by atoms with van der Waals surface area (Å²) in [5.74, 6) is 2.62. The summed E-state index contributed by atoms with van der Waals surface area (Å²) < 4.78 is 5.45.